The standard InChI is InChI=1S/C14H15N7O4/c1-19-12-11(13(23)20(2)14(19)24)21(7-16-12)6-9(22)17-8-4-15-5-10(18-8)25-3/h4-5,7H,6H2,1-3H3,(H,17,18,22). The number of carbonyl (C=O) groups is 1. The molecule has 0 saturated heterocycles. The lowest BCUT2D eigenvalue weighted by molar-refractivity contribution is -0.116. The van der Waals surface area contributed by atoms with E-state index in [4.69, 9.17) is 4.74 Å². The van der Waals surface area contributed by atoms with Crippen molar-refractivity contribution in [3.63, 3.8) is 0 Å². The first-order chi connectivity index (χ1) is 11.9. The number of hydrogen-bond acceptors (Lipinski definition) is 7. The summed E-state index contributed by atoms with van der Waals surface area (Å²) < 4.78 is 8.52. The molecular formula is C14H15N7O4. The van der Waals surface area contributed by atoms with E-state index in [0.29, 0.717) is 0 Å². The Bertz CT molecular complexity index is 1080. The average molecular weight is 345 g/mol. The van der Waals surface area contributed by atoms with Crippen LogP contribution >= 0.6 is 0 Å². The average Bonchev–Trinajstić information content (AvgIpc) is 3.01. The minimum Gasteiger partial charge on any atom is -0.480 e. The van der Waals surface area contributed by atoms with Crippen LogP contribution in [0.15, 0.2) is 28.3 Å². The summed E-state index contributed by atoms with van der Waals surface area (Å²) >= 11 is 0. The monoisotopic (exact) mass is 345 g/mol. The van der Waals surface area contributed by atoms with Gasteiger partial charge in [-0.15, -0.1) is 0 Å². The number of hydrogen-bond donors (Lipinski definition) is 1. The summed E-state index contributed by atoms with van der Waals surface area (Å²) in [6.45, 7) is -0.178. The van der Waals surface area contributed by atoms with Crippen LogP contribution in [0.1, 0.15) is 0 Å². The first kappa shape index (κ1) is 16.4. The highest BCUT2D eigenvalue weighted by molar-refractivity contribution is 5.90. The van der Waals surface area contributed by atoms with Crippen molar-refractivity contribution in [2.24, 2.45) is 14.1 Å². The van der Waals surface area contributed by atoms with Gasteiger partial charge in [0.1, 0.15) is 6.54 Å². The normalized spacial score (nSPS) is 10.8. The maximum absolute atomic E-state index is 12.3. The van der Waals surface area contributed by atoms with Crippen molar-refractivity contribution in [2.45, 2.75) is 6.54 Å². The topological polar surface area (TPSA) is 126 Å². The summed E-state index contributed by atoms with van der Waals surface area (Å²) in [5.41, 5.74) is -0.637. The molecule has 0 aliphatic carbocycles. The molecule has 1 amide bonds. The predicted octanol–water partition coefficient (Wildman–Crippen LogP) is -1.13. The number of carbonyl (C=O) groups excluding carboxylic acids is 1. The molecule has 25 heavy (non-hydrogen) atoms. The fourth-order valence-corrected chi connectivity index (χ4v) is 2.36. The fourth-order valence-electron chi connectivity index (χ4n) is 2.36. The van der Waals surface area contributed by atoms with Crippen LogP contribution in [-0.4, -0.2) is 41.7 Å². The van der Waals surface area contributed by atoms with Gasteiger partial charge in [0, 0.05) is 14.1 Å². The summed E-state index contributed by atoms with van der Waals surface area (Å²) in [7, 11) is 4.31. The van der Waals surface area contributed by atoms with Crippen LogP contribution in [0, 0.1) is 0 Å². The zero-order valence-electron chi connectivity index (χ0n) is 13.8. The maximum Gasteiger partial charge on any atom is 0.332 e. The minimum absolute atomic E-state index is 0.163. The first-order valence-corrected chi connectivity index (χ1v) is 7.19. The van der Waals surface area contributed by atoms with Gasteiger partial charge in [0.25, 0.3) is 5.56 Å². The molecular weight excluding hydrogens is 330 g/mol. The number of anilines is 1. The van der Waals surface area contributed by atoms with Crippen LogP contribution in [0.5, 0.6) is 5.88 Å². The van der Waals surface area contributed by atoms with Gasteiger partial charge >= 0.3 is 5.69 Å². The number of aromatic nitrogens is 6. The molecule has 0 radical (unpaired) electrons. The largest absolute Gasteiger partial charge is 0.480 e. The fraction of sp³-hybridized carbons (Fsp3) is 0.286. The summed E-state index contributed by atoms with van der Waals surface area (Å²) in [5, 5.41) is 2.56. The lowest BCUT2D eigenvalue weighted by Crippen LogP contribution is -2.37. The van der Waals surface area contributed by atoms with Crippen molar-refractivity contribution in [3.8, 4) is 5.88 Å². The van der Waals surface area contributed by atoms with Crippen molar-refractivity contribution >= 4 is 22.9 Å². The Hall–Kier alpha value is -3.50. The second-order valence-electron chi connectivity index (χ2n) is 5.25. The Labute approximate surface area is 140 Å². The van der Waals surface area contributed by atoms with Gasteiger partial charge in [-0.05, 0) is 0 Å². The summed E-state index contributed by atoms with van der Waals surface area (Å²) in [5.74, 6) is 0.0431. The Morgan fingerprint density at radius 2 is 2.00 bits per heavy atom. The molecule has 11 heteroatoms. The quantitative estimate of drug-likeness (QED) is 0.634. The number of nitrogens with zero attached hydrogens (tertiary/aromatic N) is 6. The number of nitrogens with one attached hydrogen (secondary N) is 1. The molecule has 0 spiro atoms. The number of fused-ring (bicyclic) bond motifs is 1. The maximum atomic E-state index is 12.3. The molecule has 0 fully saturated rings. The molecule has 0 saturated carbocycles. The van der Waals surface area contributed by atoms with E-state index in [2.05, 4.69) is 20.3 Å². The van der Waals surface area contributed by atoms with Crippen LogP contribution in [0.2, 0.25) is 0 Å². The summed E-state index contributed by atoms with van der Waals surface area (Å²) in [6.07, 6.45) is 4.11. The van der Waals surface area contributed by atoms with Crippen LogP contribution < -0.4 is 21.3 Å². The molecule has 11 nitrogen and oxygen atoms in total. The van der Waals surface area contributed by atoms with E-state index in [0.717, 1.165) is 4.57 Å². The zero-order valence-corrected chi connectivity index (χ0v) is 13.8. The van der Waals surface area contributed by atoms with Gasteiger partial charge < -0.3 is 14.6 Å². The van der Waals surface area contributed by atoms with E-state index in [-0.39, 0.29) is 29.4 Å². The van der Waals surface area contributed by atoms with Gasteiger partial charge in [0.05, 0.1) is 25.8 Å². The van der Waals surface area contributed by atoms with Gasteiger partial charge in [-0.2, -0.15) is 4.98 Å². The molecule has 0 aromatic carbocycles. The number of aryl methyl sites for hydroxylation is 1. The molecule has 0 aliphatic heterocycles. The highest BCUT2D eigenvalue weighted by Gasteiger charge is 2.16. The molecule has 3 rings (SSSR count). The molecule has 130 valence electrons. The van der Waals surface area contributed by atoms with E-state index in [1.165, 1.54) is 49.1 Å². The molecule has 3 heterocycles. The van der Waals surface area contributed by atoms with Gasteiger partial charge in [-0.25, -0.2) is 9.78 Å². The Balaban J connectivity index is 1.92. The third-order valence-corrected chi connectivity index (χ3v) is 3.62. The van der Waals surface area contributed by atoms with Crippen molar-refractivity contribution in [1.29, 1.82) is 0 Å². The van der Waals surface area contributed by atoms with E-state index in [1.54, 1.807) is 0 Å². The van der Waals surface area contributed by atoms with Crippen molar-refractivity contribution < 1.29 is 9.53 Å². The van der Waals surface area contributed by atoms with E-state index >= 15 is 0 Å². The lowest BCUT2D eigenvalue weighted by atomic mass is 10.4. The Morgan fingerprint density at radius 3 is 2.72 bits per heavy atom. The van der Waals surface area contributed by atoms with Crippen LogP contribution in [0.4, 0.5) is 5.82 Å². The SMILES string of the molecule is COc1cncc(NC(=O)Cn2cnc3c2c(=O)n(C)c(=O)n3C)n1. The minimum atomic E-state index is -0.524. The molecule has 0 aliphatic rings. The summed E-state index contributed by atoms with van der Waals surface area (Å²) in [4.78, 5) is 48.4. The molecule has 3 aromatic rings. The van der Waals surface area contributed by atoms with Gasteiger partial charge in [-0.3, -0.25) is 23.7 Å². The van der Waals surface area contributed by atoms with E-state index in [1.807, 2.05) is 0 Å². The smallest absolute Gasteiger partial charge is 0.332 e. The molecule has 3 aromatic heterocycles. The predicted molar refractivity (Wildman–Crippen MR) is 87.4 cm³/mol. The molecule has 0 atom stereocenters. The van der Waals surface area contributed by atoms with Crippen molar-refractivity contribution in [1.82, 2.24) is 28.7 Å². The Morgan fingerprint density at radius 1 is 1.24 bits per heavy atom. The number of ether oxygens (including phenoxy) is 1. The highest BCUT2D eigenvalue weighted by atomic mass is 16.5. The van der Waals surface area contributed by atoms with Crippen LogP contribution in [0.25, 0.3) is 11.2 Å². The third kappa shape index (κ3) is 2.86. The van der Waals surface area contributed by atoms with E-state index in [9.17, 15) is 14.4 Å². The Kier molecular flexibility index (Phi) is 4.05. The summed E-state index contributed by atoms with van der Waals surface area (Å²) in [6, 6.07) is 0. The molecule has 1 N–H and O–H groups in total. The van der Waals surface area contributed by atoms with Gasteiger partial charge in [-0.1, -0.05) is 0 Å². The van der Waals surface area contributed by atoms with Crippen molar-refractivity contribution in [3.05, 3.63) is 39.6 Å². The highest BCUT2D eigenvalue weighted by Crippen LogP contribution is 2.09. The van der Waals surface area contributed by atoms with Crippen molar-refractivity contribution in [2.75, 3.05) is 12.4 Å². The number of rotatable bonds is 4. The van der Waals surface area contributed by atoms with Crippen LogP contribution in [0.3, 0.4) is 0 Å². The van der Waals surface area contributed by atoms with Crippen LogP contribution in [-0.2, 0) is 25.4 Å². The molecule has 0 bridgehead atoms. The lowest BCUT2D eigenvalue weighted by Gasteiger charge is -2.08. The second kappa shape index (κ2) is 6.19. The van der Waals surface area contributed by atoms with E-state index < -0.39 is 17.2 Å². The molecule has 0 unspecified atom stereocenters. The first-order valence-electron chi connectivity index (χ1n) is 7.19. The number of methoxy groups -OCH3 is 1. The van der Waals surface area contributed by atoms with Gasteiger partial charge in [0.15, 0.2) is 17.0 Å². The number of amides is 1. The second-order valence-corrected chi connectivity index (χ2v) is 5.25. The van der Waals surface area contributed by atoms with Gasteiger partial charge in [0.2, 0.25) is 11.8 Å². The number of imidazole rings is 1. The zero-order chi connectivity index (χ0) is 18.1. The third-order valence-electron chi connectivity index (χ3n) is 3.62.